The van der Waals surface area contributed by atoms with Gasteiger partial charge in [0.1, 0.15) is 11.5 Å². The molecule has 0 fully saturated rings. The Kier molecular flexibility index (Phi) is 4.23. The standard InChI is InChI=1S/C14H16N2OS/c1-10(15)14-8-5-12(9-16-14)17-11-3-6-13(18-2)7-4-11/h3-10H,15H2,1-2H3/t10-/m0/s1. The summed E-state index contributed by atoms with van der Waals surface area (Å²) in [5.74, 6) is 1.53. The number of ether oxygens (including phenoxy) is 1. The summed E-state index contributed by atoms with van der Waals surface area (Å²) >= 11 is 1.71. The van der Waals surface area contributed by atoms with Crippen LogP contribution in [0.25, 0.3) is 0 Å². The molecule has 0 spiro atoms. The van der Waals surface area contributed by atoms with Crippen LogP contribution in [0.3, 0.4) is 0 Å². The van der Waals surface area contributed by atoms with Crippen LogP contribution in [0, 0.1) is 0 Å². The van der Waals surface area contributed by atoms with Crippen LogP contribution in [0.1, 0.15) is 18.7 Å². The lowest BCUT2D eigenvalue weighted by Crippen LogP contribution is -2.06. The van der Waals surface area contributed by atoms with Crippen LogP contribution in [-0.4, -0.2) is 11.2 Å². The highest BCUT2D eigenvalue weighted by molar-refractivity contribution is 7.98. The van der Waals surface area contributed by atoms with Crippen LogP contribution in [0.15, 0.2) is 47.5 Å². The lowest BCUT2D eigenvalue weighted by molar-refractivity contribution is 0.479. The molecule has 2 N–H and O–H groups in total. The SMILES string of the molecule is CSc1ccc(Oc2ccc([C@H](C)N)nc2)cc1. The van der Waals surface area contributed by atoms with E-state index in [0.717, 1.165) is 17.2 Å². The Bertz CT molecular complexity index is 494. The average Bonchev–Trinajstić information content (AvgIpc) is 2.40. The van der Waals surface area contributed by atoms with E-state index in [-0.39, 0.29) is 6.04 Å². The highest BCUT2D eigenvalue weighted by atomic mass is 32.2. The van der Waals surface area contributed by atoms with Gasteiger partial charge in [-0.25, -0.2) is 0 Å². The Hall–Kier alpha value is -1.52. The first kappa shape index (κ1) is 12.9. The van der Waals surface area contributed by atoms with Crippen molar-refractivity contribution >= 4 is 11.8 Å². The van der Waals surface area contributed by atoms with Gasteiger partial charge in [-0.2, -0.15) is 0 Å². The fraction of sp³-hybridized carbons (Fsp3) is 0.214. The molecule has 0 saturated carbocycles. The summed E-state index contributed by atoms with van der Waals surface area (Å²) in [5.41, 5.74) is 6.60. The van der Waals surface area contributed by atoms with Gasteiger partial charge in [-0.15, -0.1) is 11.8 Å². The molecule has 0 radical (unpaired) electrons. The summed E-state index contributed by atoms with van der Waals surface area (Å²) in [5, 5.41) is 0. The van der Waals surface area contributed by atoms with Gasteiger partial charge in [0.2, 0.25) is 0 Å². The molecule has 1 aromatic carbocycles. The van der Waals surface area contributed by atoms with E-state index < -0.39 is 0 Å². The van der Waals surface area contributed by atoms with Gasteiger partial charge in [0.15, 0.2) is 0 Å². The number of hydrogen-bond acceptors (Lipinski definition) is 4. The molecule has 2 aromatic rings. The van der Waals surface area contributed by atoms with Crippen LogP contribution in [-0.2, 0) is 0 Å². The van der Waals surface area contributed by atoms with E-state index in [9.17, 15) is 0 Å². The molecular formula is C14H16N2OS. The highest BCUT2D eigenvalue weighted by Gasteiger charge is 2.02. The van der Waals surface area contributed by atoms with Crippen molar-refractivity contribution < 1.29 is 4.74 Å². The van der Waals surface area contributed by atoms with E-state index in [4.69, 9.17) is 10.5 Å². The first-order valence-corrected chi connectivity index (χ1v) is 6.95. The number of aromatic nitrogens is 1. The van der Waals surface area contributed by atoms with E-state index in [0.29, 0.717) is 0 Å². The van der Waals surface area contributed by atoms with Crippen molar-refractivity contribution in [2.75, 3.05) is 6.26 Å². The number of rotatable bonds is 4. The second kappa shape index (κ2) is 5.89. The van der Waals surface area contributed by atoms with E-state index in [2.05, 4.69) is 4.98 Å². The van der Waals surface area contributed by atoms with E-state index in [1.54, 1.807) is 18.0 Å². The van der Waals surface area contributed by atoms with Gasteiger partial charge in [-0.05, 0) is 49.6 Å². The fourth-order valence-electron chi connectivity index (χ4n) is 1.50. The molecule has 0 unspecified atom stereocenters. The second-order valence-electron chi connectivity index (χ2n) is 3.99. The molecule has 94 valence electrons. The number of nitrogens with zero attached hydrogens (tertiary/aromatic N) is 1. The summed E-state index contributed by atoms with van der Waals surface area (Å²) in [7, 11) is 0. The zero-order valence-corrected chi connectivity index (χ0v) is 11.3. The maximum absolute atomic E-state index is 5.74. The summed E-state index contributed by atoms with van der Waals surface area (Å²) in [6.45, 7) is 1.91. The van der Waals surface area contributed by atoms with E-state index in [1.807, 2.05) is 49.6 Å². The molecule has 1 atom stereocenters. The molecule has 1 heterocycles. The quantitative estimate of drug-likeness (QED) is 0.853. The normalized spacial score (nSPS) is 12.2. The van der Waals surface area contributed by atoms with Gasteiger partial charge in [-0.3, -0.25) is 4.98 Å². The summed E-state index contributed by atoms with van der Waals surface area (Å²) in [6.07, 6.45) is 3.74. The third-order valence-corrected chi connectivity index (χ3v) is 3.26. The fourth-order valence-corrected chi connectivity index (χ4v) is 1.91. The first-order valence-electron chi connectivity index (χ1n) is 5.72. The maximum atomic E-state index is 5.74. The molecule has 0 aliphatic carbocycles. The lowest BCUT2D eigenvalue weighted by Gasteiger charge is -2.08. The van der Waals surface area contributed by atoms with Crippen molar-refractivity contribution in [2.24, 2.45) is 5.73 Å². The van der Waals surface area contributed by atoms with Crippen molar-refractivity contribution in [3.05, 3.63) is 48.3 Å². The molecule has 4 heteroatoms. The molecule has 0 aliphatic heterocycles. The van der Waals surface area contributed by atoms with Crippen molar-refractivity contribution in [2.45, 2.75) is 17.9 Å². The Balaban J connectivity index is 2.08. The van der Waals surface area contributed by atoms with Gasteiger partial charge in [0.05, 0.1) is 11.9 Å². The van der Waals surface area contributed by atoms with Crippen molar-refractivity contribution in [1.29, 1.82) is 0 Å². The molecular weight excluding hydrogens is 244 g/mol. The van der Waals surface area contributed by atoms with Gasteiger partial charge in [0.25, 0.3) is 0 Å². The van der Waals surface area contributed by atoms with Gasteiger partial charge in [0, 0.05) is 10.9 Å². The number of thioether (sulfide) groups is 1. The van der Waals surface area contributed by atoms with Crippen LogP contribution >= 0.6 is 11.8 Å². The molecule has 0 saturated heterocycles. The predicted molar refractivity (Wildman–Crippen MR) is 75.1 cm³/mol. The summed E-state index contributed by atoms with van der Waals surface area (Å²) < 4.78 is 5.70. The monoisotopic (exact) mass is 260 g/mol. The van der Waals surface area contributed by atoms with E-state index >= 15 is 0 Å². The van der Waals surface area contributed by atoms with Crippen molar-refractivity contribution in [1.82, 2.24) is 4.98 Å². The Morgan fingerprint density at radius 3 is 2.28 bits per heavy atom. The summed E-state index contributed by atoms with van der Waals surface area (Å²) in [4.78, 5) is 5.47. The Labute approximate surface area is 111 Å². The number of pyridine rings is 1. The van der Waals surface area contributed by atoms with Crippen LogP contribution in [0.5, 0.6) is 11.5 Å². The lowest BCUT2D eigenvalue weighted by atomic mass is 10.2. The van der Waals surface area contributed by atoms with Crippen LogP contribution < -0.4 is 10.5 Å². The zero-order chi connectivity index (χ0) is 13.0. The zero-order valence-electron chi connectivity index (χ0n) is 10.5. The van der Waals surface area contributed by atoms with Crippen molar-refractivity contribution in [3.63, 3.8) is 0 Å². The third-order valence-electron chi connectivity index (χ3n) is 2.52. The van der Waals surface area contributed by atoms with Gasteiger partial charge < -0.3 is 10.5 Å². The minimum atomic E-state index is -0.0556. The van der Waals surface area contributed by atoms with Gasteiger partial charge >= 0.3 is 0 Å². The second-order valence-corrected chi connectivity index (χ2v) is 4.86. The molecule has 0 bridgehead atoms. The minimum absolute atomic E-state index is 0.0556. The molecule has 0 aliphatic rings. The van der Waals surface area contributed by atoms with E-state index in [1.165, 1.54) is 4.90 Å². The maximum Gasteiger partial charge on any atom is 0.145 e. The molecule has 0 amide bonds. The number of nitrogens with two attached hydrogens (primary N) is 1. The minimum Gasteiger partial charge on any atom is -0.456 e. The molecule has 18 heavy (non-hydrogen) atoms. The Morgan fingerprint density at radius 1 is 1.11 bits per heavy atom. The average molecular weight is 260 g/mol. The number of hydrogen-bond donors (Lipinski definition) is 1. The largest absolute Gasteiger partial charge is 0.456 e. The van der Waals surface area contributed by atoms with Crippen LogP contribution in [0.2, 0.25) is 0 Å². The smallest absolute Gasteiger partial charge is 0.145 e. The third kappa shape index (κ3) is 3.24. The summed E-state index contributed by atoms with van der Waals surface area (Å²) in [6, 6.07) is 11.7. The topological polar surface area (TPSA) is 48.1 Å². The molecule has 2 rings (SSSR count). The Morgan fingerprint density at radius 2 is 1.78 bits per heavy atom. The number of benzene rings is 1. The highest BCUT2D eigenvalue weighted by Crippen LogP contribution is 2.24. The molecule has 3 nitrogen and oxygen atoms in total. The predicted octanol–water partition coefficient (Wildman–Crippen LogP) is 3.62. The van der Waals surface area contributed by atoms with Crippen molar-refractivity contribution in [3.8, 4) is 11.5 Å². The molecule has 1 aromatic heterocycles. The first-order chi connectivity index (χ1) is 8.69. The van der Waals surface area contributed by atoms with Gasteiger partial charge in [-0.1, -0.05) is 0 Å². The van der Waals surface area contributed by atoms with Crippen LogP contribution in [0.4, 0.5) is 0 Å².